The standard InChI is InChI=1S/C2H3Cl2F3Si/c3-1-2(4)8(5,6)7/h2H,1H2. The first-order chi connectivity index (χ1) is 3.48. The van der Waals surface area contributed by atoms with E-state index in [0.29, 0.717) is 0 Å². The lowest BCUT2D eigenvalue weighted by Crippen LogP contribution is -2.31. The Morgan fingerprint density at radius 2 is 1.75 bits per heavy atom. The molecule has 0 rings (SSSR count). The minimum absolute atomic E-state index is 0.530. The molecule has 0 fully saturated rings. The van der Waals surface area contributed by atoms with Gasteiger partial charge in [0.2, 0.25) is 0 Å². The molecule has 0 amide bonds. The third kappa shape index (κ3) is 2.79. The van der Waals surface area contributed by atoms with Gasteiger partial charge in [0.25, 0.3) is 0 Å². The van der Waals surface area contributed by atoms with Gasteiger partial charge in [0.1, 0.15) is 5.00 Å². The Bertz CT molecular complexity index is 72.2. The van der Waals surface area contributed by atoms with Crippen LogP contribution >= 0.6 is 23.2 Å². The molecule has 0 aliphatic heterocycles. The molecule has 0 aromatic rings. The molecule has 1 atom stereocenters. The van der Waals surface area contributed by atoms with Crippen LogP contribution in [0.4, 0.5) is 12.3 Å². The van der Waals surface area contributed by atoms with Gasteiger partial charge in [-0.1, -0.05) is 0 Å². The normalized spacial score (nSPS) is 16.1. The van der Waals surface area contributed by atoms with Crippen LogP contribution in [0.3, 0.4) is 0 Å². The largest absolute Gasteiger partial charge is 0.636 e. The van der Waals surface area contributed by atoms with E-state index in [1.807, 2.05) is 0 Å². The van der Waals surface area contributed by atoms with Gasteiger partial charge < -0.3 is 0 Å². The second-order valence-corrected chi connectivity index (χ2v) is 4.15. The first kappa shape index (κ1) is 8.59. The molecule has 0 aromatic carbocycles. The predicted molar refractivity (Wildman–Crippen MR) is 29.4 cm³/mol. The molecule has 1 unspecified atom stereocenters. The summed E-state index contributed by atoms with van der Waals surface area (Å²) in [5, 5.41) is -1.77. The highest BCUT2D eigenvalue weighted by Crippen LogP contribution is 2.19. The van der Waals surface area contributed by atoms with Crippen LogP contribution in [0, 0.1) is 0 Å². The average Bonchev–Trinajstić information content (AvgIpc) is 1.62. The third-order valence-corrected chi connectivity index (χ3v) is 3.03. The molecule has 0 spiro atoms. The van der Waals surface area contributed by atoms with Crippen LogP contribution in [0.2, 0.25) is 0 Å². The maximum Gasteiger partial charge on any atom is 0.636 e. The SMILES string of the molecule is F[Si](F)(F)C(Cl)CCl. The number of hydrogen-bond acceptors (Lipinski definition) is 0. The number of alkyl halides is 2. The first-order valence-corrected chi connectivity index (χ1v) is 4.43. The summed E-state index contributed by atoms with van der Waals surface area (Å²) in [7, 11) is -5.63. The van der Waals surface area contributed by atoms with E-state index in [-0.39, 0.29) is 0 Å². The van der Waals surface area contributed by atoms with Crippen LogP contribution in [0.5, 0.6) is 0 Å². The molecule has 0 N–H and O–H groups in total. The zero-order valence-corrected chi connectivity index (χ0v) is 6.19. The molecule has 0 aliphatic carbocycles. The molecule has 0 saturated heterocycles. The van der Waals surface area contributed by atoms with Crippen LogP contribution < -0.4 is 0 Å². The lowest BCUT2D eigenvalue weighted by Gasteiger charge is -2.03. The van der Waals surface area contributed by atoms with Crippen molar-refractivity contribution in [2.45, 2.75) is 5.00 Å². The Morgan fingerprint density at radius 3 is 1.75 bits per heavy atom. The van der Waals surface area contributed by atoms with E-state index in [0.717, 1.165) is 0 Å². The Hall–Kier alpha value is 0.587. The fourth-order valence-electron chi connectivity index (χ4n) is 0.0875. The fraction of sp³-hybridized carbons (Fsp3) is 1.00. The third-order valence-electron chi connectivity index (χ3n) is 0.491. The van der Waals surface area contributed by atoms with Crippen molar-refractivity contribution in [1.82, 2.24) is 0 Å². The molecular weight excluding hydrogens is 180 g/mol. The average molecular weight is 183 g/mol. The summed E-state index contributed by atoms with van der Waals surface area (Å²) in [5.41, 5.74) is 0. The summed E-state index contributed by atoms with van der Waals surface area (Å²) in [6.45, 7) is 0. The summed E-state index contributed by atoms with van der Waals surface area (Å²) in [6, 6.07) is 0. The van der Waals surface area contributed by atoms with Crippen molar-refractivity contribution in [1.29, 1.82) is 0 Å². The molecule has 8 heavy (non-hydrogen) atoms. The van der Waals surface area contributed by atoms with Crippen LogP contribution in [0.1, 0.15) is 0 Å². The Balaban J connectivity index is 3.62. The highest BCUT2D eigenvalue weighted by molar-refractivity contribution is 6.70. The van der Waals surface area contributed by atoms with Crippen molar-refractivity contribution in [2.75, 3.05) is 5.88 Å². The van der Waals surface area contributed by atoms with Crippen molar-refractivity contribution in [3.8, 4) is 0 Å². The molecular formula is C2H3Cl2F3Si. The second kappa shape index (κ2) is 2.94. The number of rotatable bonds is 2. The van der Waals surface area contributed by atoms with Crippen LogP contribution in [0.25, 0.3) is 0 Å². The van der Waals surface area contributed by atoms with Crippen molar-refractivity contribution in [3.05, 3.63) is 0 Å². The topological polar surface area (TPSA) is 0 Å². The Morgan fingerprint density at radius 1 is 1.38 bits per heavy atom. The van der Waals surface area contributed by atoms with Gasteiger partial charge in [0, 0.05) is 5.88 Å². The van der Waals surface area contributed by atoms with Gasteiger partial charge in [-0.25, -0.2) is 12.3 Å². The van der Waals surface area contributed by atoms with Crippen LogP contribution in [-0.4, -0.2) is 20.0 Å². The molecule has 0 bridgehead atoms. The zero-order chi connectivity index (χ0) is 6.78. The van der Waals surface area contributed by atoms with Gasteiger partial charge in [0.05, 0.1) is 0 Å². The quantitative estimate of drug-likeness (QED) is 0.349. The zero-order valence-electron chi connectivity index (χ0n) is 3.67. The lowest BCUT2D eigenvalue weighted by molar-refractivity contribution is 0.467. The highest BCUT2D eigenvalue weighted by Gasteiger charge is 2.45. The summed E-state index contributed by atoms with van der Waals surface area (Å²) >= 11 is 9.57. The van der Waals surface area contributed by atoms with E-state index in [2.05, 4.69) is 0 Å². The van der Waals surface area contributed by atoms with E-state index in [1.165, 1.54) is 0 Å². The monoisotopic (exact) mass is 182 g/mol. The summed E-state index contributed by atoms with van der Waals surface area (Å²) in [4.78, 5) is 0. The number of halogens is 5. The van der Waals surface area contributed by atoms with Gasteiger partial charge in [-0.2, -0.15) is 0 Å². The van der Waals surface area contributed by atoms with Gasteiger partial charge in [-0.3, -0.25) is 0 Å². The smallest absolute Gasteiger partial charge is 0.237 e. The van der Waals surface area contributed by atoms with E-state index >= 15 is 0 Å². The van der Waals surface area contributed by atoms with Crippen molar-refractivity contribution >= 4 is 32.3 Å². The molecule has 0 aliphatic rings. The Labute approximate surface area is 56.1 Å². The van der Waals surface area contributed by atoms with E-state index in [1.54, 1.807) is 0 Å². The molecule has 0 saturated carbocycles. The van der Waals surface area contributed by atoms with E-state index in [9.17, 15) is 12.3 Å². The molecule has 0 aromatic heterocycles. The summed E-state index contributed by atoms with van der Waals surface area (Å²) in [5.74, 6) is -0.530. The van der Waals surface area contributed by atoms with Gasteiger partial charge >= 0.3 is 9.08 Å². The Kier molecular flexibility index (Phi) is 3.15. The minimum atomic E-state index is -5.63. The maximum atomic E-state index is 11.4. The lowest BCUT2D eigenvalue weighted by atomic mass is 10.9. The van der Waals surface area contributed by atoms with Crippen LogP contribution in [0.15, 0.2) is 0 Å². The van der Waals surface area contributed by atoms with E-state index < -0.39 is 20.0 Å². The van der Waals surface area contributed by atoms with Crippen molar-refractivity contribution in [3.63, 3.8) is 0 Å². The van der Waals surface area contributed by atoms with Crippen molar-refractivity contribution < 1.29 is 12.3 Å². The fourth-order valence-corrected chi connectivity index (χ4v) is 0.787. The summed E-state index contributed by atoms with van der Waals surface area (Å²) < 4.78 is 34.1. The number of hydrogen-bond donors (Lipinski definition) is 0. The molecule has 0 nitrogen and oxygen atoms in total. The second-order valence-electron chi connectivity index (χ2n) is 1.16. The molecule has 6 heteroatoms. The summed E-state index contributed by atoms with van der Waals surface area (Å²) in [6.07, 6.45) is 0. The minimum Gasteiger partial charge on any atom is -0.237 e. The van der Waals surface area contributed by atoms with Crippen molar-refractivity contribution in [2.24, 2.45) is 0 Å². The highest BCUT2D eigenvalue weighted by atomic mass is 35.5. The van der Waals surface area contributed by atoms with E-state index in [4.69, 9.17) is 23.2 Å². The predicted octanol–water partition coefficient (Wildman–Crippen LogP) is 2.22. The molecule has 0 radical (unpaired) electrons. The van der Waals surface area contributed by atoms with Gasteiger partial charge in [0.15, 0.2) is 0 Å². The molecule has 0 heterocycles. The van der Waals surface area contributed by atoms with Crippen LogP contribution in [-0.2, 0) is 0 Å². The van der Waals surface area contributed by atoms with Gasteiger partial charge in [-0.15, -0.1) is 23.2 Å². The molecule has 50 valence electrons. The van der Waals surface area contributed by atoms with Gasteiger partial charge in [-0.05, 0) is 0 Å². The maximum absolute atomic E-state index is 11.4. The first-order valence-electron chi connectivity index (χ1n) is 1.75.